The molecule has 0 atom stereocenters. The van der Waals surface area contributed by atoms with Gasteiger partial charge < -0.3 is 0 Å². The summed E-state index contributed by atoms with van der Waals surface area (Å²) in [5.74, 6) is 0.255. The van der Waals surface area contributed by atoms with Crippen LogP contribution >= 0.6 is 0 Å². The standard InChI is InChI=1S/C16H24N2/c17-12-15(13-18)16(10-6-3-7-11-16)14-8-4-1-2-5-9-14/h14-15H,1-11H2. The van der Waals surface area contributed by atoms with E-state index in [9.17, 15) is 10.5 Å². The second-order valence-corrected chi connectivity index (χ2v) is 6.17. The average Bonchev–Trinajstić information content (AvgIpc) is 2.70. The van der Waals surface area contributed by atoms with Crippen LogP contribution < -0.4 is 0 Å². The SMILES string of the molecule is N#CC(C#N)C1(C2CCCCCC2)CCCCC1. The summed E-state index contributed by atoms with van der Waals surface area (Å²) >= 11 is 0. The van der Waals surface area contributed by atoms with Crippen molar-refractivity contribution in [1.29, 1.82) is 10.5 Å². The smallest absolute Gasteiger partial charge is 0.139 e. The molecule has 0 aromatic heterocycles. The minimum atomic E-state index is -0.374. The van der Waals surface area contributed by atoms with Crippen molar-refractivity contribution in [1.82, 2.24) is 0 Å². The lowest BCUT2D eigenvalue weighted by Crippen LogP contribution is -2.39. The highest BCUT2D eigenvalue weighted by Gasteiger charge is 2.46. The highest BCUT2D eigenvalue weighted by Crippen LogP contribution is 2.52. The molecule has 0 heterocycles. The van der Waals surface area contributed by atoms with E-state index >= 15 is 0 Å². The molecule has 0 unspecified atom stereocenters. The Morgan fingerprint density at radius 3 is 1.78 bits per heavy atom. The Bertz CT molecular complexity index is 319. The summed E-state index contributed by atoms with van der Waals surface area (Å²) < 4.78 is 0. The van der Waals surface area contributed by atoms with Gasteiger partial charge in [-0.05, 0) is 31.6 Å². The van der Waals surface area contributed by atoms with E-state index in [-0.39, 0.29) is 11.3 Å². The molecule has 2 fully saturated rings. The third kappa shape index (κ3) is 2.54. The molecular formula is C16H24N2. The maximum absolute atomic E-state index is 9.37. The minimum Gasteiger partial charge on any atom is -0.197 e. The predicted octanol–water partition coefficient (Wildman–Crippen LogP) is 4.57. The van der Waals surface area contributed by atoms with Gasteiger partial charge in [-0.2, -0.15) is 10.5 Å². The Balaban J connectivity index is 2.23. The number of nitriles is 2. The number of rotatable bonds is 2. The van der Waals surface area contributed by atoms with Crippen LogP contribution in [0.15, 0.2) is 0 Å². The Morgan fingerprint density at radius 1 is 0.778 bits per heavy atom. The molecule has 98 valence electrons. The maximum Gasteiger partial charge on any atom is 0.139 e. The number of nitrogens with zero attached hydrogens (tertiary/aromatic N) is 2. The molecular weight excluding hydrogens is 220 g/mol. The van der Waals surface area contributed by atoms with Gasteiger partial charge in [-0.25, -0.2) is 0 Å². The van der Waals surface area contributed by atoms with Crippen molar-refractivity contribution in [2.45, 2.75) is 70.6 Å². The van der Waals surface area contributed by atoms with Crippen LogP contribution in [-0.2, 0) is 0 Å². The Kier molecular flexibility index (Phi) is 4.65. The van der Waals surface area contributed by atoms with Crippen LogP contribution in [0.2, 0.25) is 0 Å². The fourth-order valence-electron chi connectivity index (χ4n) is 4.28. The Labute approximate surface area is 111 Å². The highest BCUT2D eigenvalue weighted by atomic mass is 14.5. The molecule has 2 saturated carbocycles. The summed E-state index contributed by atoms with van der Waals surface area (Å²) in [4.78, 5) is 0. The number of hydrogen-bond donors (Lipinski definition) is 0. The summed E-state index contributed by atoms with van der Waals surface area (Å²) in [5, 5.41) is 18.7. The molecule has 2 aliphatic carbocycles. The van der Waals surface area contributed by atoms with Gasteiger partial charge in [-0.3, -0.25) is 0 Å². The first-order valence-corrected chi connectivity index (χ1v) is 7.63. The van der Waals surface area contributed by atoms with Gasteiger partial charge in [-0.1, -0.05) is 44.9 Å². The van der Waals surface area contributed by atoms with Gasteiger partial charge in [0.2, 0.25) is 0 Å². The molecule has 0 bridgehead atoms. The summed E-state index contributed by atoms with van der Waals surface area (Å²) in [6.45, 7) is 0. The van der Waals surface area contributed by atoms with Gasteiger partial charge in [0.15, 0.2) is 0 Å². The van der Waals surface area contributed by atoms with Gasteiger partial charge in [-0.15, -0.1) is 0 Å². The molecule has 0 aromatic carbocycles. The van der Waals surface area contributed by atoms with Crippen LogP contribution in [0.1, 0.15) is 70.6 Å². The van der Waals surface area contributed by atoms with Gasteiger partial charge in [0, 0.05) is 5.41 Å². The largest absolute Gasteiger partial charge is 0.197 e. The first kappa shape index (κ1) is 13.4. The normalized spacial score (nSPS) is 25.1. The van der Waals surface area contributed by atoms with Gasteiger partial charge >= 0.3 is 0 Å². The second kappa shape index (κ2) is 6.24. The summed E-state index contributed by atoms with van der Waals surface area (Å²) in [6.07, 6.45) is 13.7. The third-order valence-corrected chi connectivity index (χ3v) is 5.29. The van der Waals surface area contributed by atoms with Crippen LogP contribution in [0.3, 0.4) is 0 Å². The van der Waals surface area contributed by atoms with E-state index < -0.39 is 0 Å². The van der Waals surface area contributed by atoms with Crippen LogP contribution in [0.25, 0.3) is 0 Å². The zero-order valence-electron chi connectivity index (χ0n) is 11.3. The van der Waals surface area contributed by atoms with Gasteiger partial charge in [0.25, 0.3) is 0 Å². The van der Waals surface area contributed by atoms with Gasteiger partial charge in [0.05, 0.1) is 12.1 Å². The summed E-state index contributed by atoms with van der Waals surface area (Å²) in [7, 11) is 0. The molecule has 0 spiro atoms. The van der Waals surface area contributed by atoms with Crippen molar-refractivity contribution in [3.63, 3.8) is 0 Å². The van der Waals surface area contributed by atoms with Crippen molar-refractivity contribution >= 4 is 0 Å². The summed E-state index contributed by atoms with van der Waals surface area (Å²) in [6, 6.07) is 4.64. The average molecular weight is 244 g/mol. The summed E-state index contributed by atoms with van der Waals surface area (Å²) in [5.41, 5.74) is 0.0338. The van der Waals surface area contributed by atoms with Crippen molar-refractivity contribution in [2.75, 3.05) is 0 Å². The fraction of sp³-hybridized carbons (Fsp3) is 0.875. The van der Waals surface area contributed by atoms with Crippen molar-refractivity contribution in [3.05, 3.63) is 0 Å². The fourth-order valence-corrected chi connectivity index (χ4v) is 4.28. The van der Waals surface area contributed by atoms with Crippen molar-refractivity contribution < 1.29 is 0 Å². The topological polar surface area (TPSA) is 47.6 Å². The van der Waals surface area contributed by atoms with Crippen molar-refractivity contribution in [2.24, 2.45) is 17.3 Å². The zero-order valence-corrected chi connectivity index (χ0v) is 11.3. The molecule has 0 aromatic rings. The van der Waals surface area contributed by atoms with Crippen LogP contribution in [-0.4, -0.2) is 0 Å². The van der Waals surface area contributed by atoms with E-state index in [2.05, 4.69) is 12.1 Å². The third-order valence-electron chi connectivity index (χ3n) is 5.29. The van der Waals surface area contributed by atoms with E-state index in [1.165, 1.54) is 57.8 Å². The predicted molar refractivity (Wildman–Crippen MR) is 71.4 cm³/mol. The lowest BCUT2D eigenvalue weighted by Gasteiger charge is -2.44. The lowest BCUT2D eigenvalue weighted by molar-refractivity contribution is 0.0600. The maximum atomic E-state index is 9.37. The molecule has 18 heavy (non-hydrogen) atoms. The molecule has 2 rings (SSSR count). The van der Waals surface area contributed by atoms with Crippen LogP contribution in [0.4, 0.5) is 0 Å². The first-order valence-electron chi connectivity index (χ1n) is 7.63. The zero-order chi connectivity index (χ0) is 12.8. The van der Waals surface area contributed by atoms with E-state index in [4.69, 9.17) is 0 Å². The molecule has 0 saturated heterocycles. The quantitative estimate of drug-likeness (QED) is 0.668. The van der Waals surface area contributed by atoms with E-state index in [0.29, 0.717) is 5.92 Å². The first-order chi connectivity index (χ1) is 8.83. The highest BCUT2D eigenvalue weighted by molar-refractivity contribution is 5.12. The van der Waals surface area contributed by atoms with Gasteiger partial charge in [0.1, 0.15) is 5.92 Å². The van der Waals surface area contributed by atoms with E-state index in [1.807, 2.05) is 0 Å². The van der Waals surface area contributed by atoms with E-state index in [0.717, 1.165) is 12.8 Å². The minimum absolute atomic E-state index is 0.0338. The van der Waals surface area contributed by atoms with Crippen LogP contribution in [0.5, 0.6) is 0 Å². The van der Waals surface area contributed by atoms with E-state index in [1.54, 1.807) is 0 Å². The second-order valence-electron chi connectivity index (χ2n) is 6.17. The van der Waals surface area contributed by atoms with Crippen LogP contribution in [0, 0.1) is 39.9 Å². The molecule has 0 aliphatic heterocycles. The number of hydrogen-bond acceptors (Lipinski definition) is 2. The molecule has 0 amide bonds. The lowest BCUT2D eigenvalue weighted by atomic mass is 9.58. The molecule has 2 nitrogen and oxygen atoms in total. The Hall–Kier alpha value is -1.02. The molecule has 0 radical (unpaired) electrons. The Morgan fingerprint density at radius 2 is 1.28 bits per heavy atom. The molecule has 0 N–H and O–H groups in total. The monoisotopic (exact) mass is 244 g/mol. The van der Waals surface area contributed by atoms with Crippen molar-refractivity contribution in [3.8, 4) is 12.1 Å². The molecule has 2 aliphatic rings. The molecule has 2 heteroatoms.